The summed E-state index contributed by atoms with van der Waals surface area (Å²) < 4.78 is 13.1. The molecular formula is C12H10Cl2FN3. The molecular weight excluding hydrogens is 276 g/mol. The van der Waals surface area contributed by atoms with Gasteiger partial charge < -0.3 is 10.6 Å². The molecule has 2 rings (SSSR count). The van der Waals surface area contributed by atoms with Gasteiger partial charge in [0.25, 0.3) is 0 Å². The third-order valence-electron chi connectivity index (χ3n) is 2.25. The lowest BCUT2D eigenvalue weighted by atomic mass is 10.3. The summed E-state index contributed by atoms with van der Waals surface area (Å²) >= 11 is 11.9. The molecule has 18 heavy (non-hydrogen) atoms. The minimum absolute atomic E-state index is 0.334. The Morgan fingerprint density at radius 2 is 1.83 bits per heavy atom. The highest BCUT2D eigenvalue weighted by molar-refractivity contribution is 6.37. The average Bonchev–Trinajstić information content (AvgIpc) is 2.33. The molecule has 0 spiro atoms. The Morgan fingerprint density at radius 3 is 2.50 bits per heavy atom. The van der Waals surface area contributed by atoms with Crippen molar-refractivity contribution in [3.63, 3.8) is 0 Å². The second kappa shape index (κ2) is 5.42. The zero-order chi connectivity index (χ0) is 13.1. The average molecular weight is 286 g/mol. The number of hydrogen-bond acceptors (Lipinski definition) is 3. The van der Waals surface area contributed by atoms with Crippen molar-refractivity contribution in [3.8, 4) is 0 Å². The van der Waals surface area contributed by atoms with Crippen molar-refractivity contribution in [2.75, 3.05) is 17.7 Å². The van der Waals surface area contributed by atoms with E-state index in [-0.39, 0.29) is 5.82 Å². The van der Waals surface area contributed by atoms with Gasteiger partial charge in [-0.2, -0.15) is 0 Å². The number of rotatable bonds is 3. The zero-order valence-corrected chi connectivity index (χ0v) is 11.0. The van der Waals surface area contributed by atoms with Gasteiger partial charge in [-0.1, -0.05) is 29.3 Å². The molecule has 0 saturated heterocycles. The largest absolute Gasteiger partial charge is 0.372 e. The van der Waals surface area contributed by atoms with Crippen molar-refractivity contribution in [2.24, 2.45) is 0 Å². The van der Waals surface area contributed by atoms with Crippen LogP contribution in [0.1, 0.15) is 0 Å². The summed E-state index contributed by atoms with van der Waals surface area (Å²) in [6.07, 6.45) is 0. The number of aromatic nitrogens is 1. The van der Waals surface area contributed by atoms with Gasteiger partial charge >= 0.3 is 0 Å². The minimum Gasteiger partial charge on any atom is -0.372 e. The van der Waals surface area contributed by atoms with E-state index < -0.39 is 0 Å². The molecule has 0 aliphatic rings. The van der Waals surface area contributed by atoms with Crippen LogP contribution in [0.3, 0.4) is 0 Å². The first kappa shape index (κ1) is 12.9. The van der Waals surface area contributed by atoms with E-state index in [1.807, 2.05) is 0 Å². The molecule has 94 valence electrons. The normalized spacial score (nSPS) is 10.2. The van der Waals surface area contributed by atoms with Crippen molar-refractivity contribution < 1.29 is 4.39 Å². The van der Waals surface area contributed by atoms with Crippen molar-refractivity contribution in [1.82, 2.24) is 4.98 Å². The van der Waals surface area contributed by atoms with Crippen LogP contribution in [-0.2, 0) is 0 Å². The second-order valence-electron chi connectivity index (χ2n) is 3.53. The second-order valence-corrected chi connectivity index (χ2v) is 4.35. The standard InChI is InChI=1S/C12H10Cl2FN3/c1-16-11-9(13)6-10(14)12(18-11)17-8-4-2-3-7(15)5-8/h2-6H,1H3,(H2,16,17,18). The quantitative estimate of drug-likeness (QED) is 0.882. The Balaban J connectivity index is 2.34. The first-order chi connectivity index (χ1) is 8.60. The number of anilines is 3. The summed E-state index contributed by atoms with van der Waals surface area (Å²) in [5.74, 6) is 0.579. The molecule has 1 aromatic carbocycles. The number of nitrogens with zero attached hydrogens (tertiary/aromatic N) is 1. The van der Waals surface area contributed by atoms with Gasteiger partial charge in [0.05, 0.1) is 10.0 Å². The summed E-state index contributed by atoms with van der Waals surface area (Å²) in [5, 5.41) is 6.57. The molecule has 2 aromatic rings. The zero-order valence-electron chi connectivity index (χ0n) is 9.47. The number of benzene rings is 1. The van der Waals surface area contributed by atoms with Gasteiger partial charge in [0.15, 0.2) is 5.82 Å². The fourth-order valence-corrected chi connectivity index (χ4v) is 1.93. The van der Waals surface area contributed by atoms with Crippen LogP contribution in [0.2, 0.25) is 10.0 Å². The fraction of sp³-hybridized carbons (Fsp3) is 0.0833. The van der Waals surface area contributed by atoms with E-state index in [1.54, 1.807) is 25.2 Å². The van der Waals surface area contributed by atoms with Crippen molar-refractivity contribution in [1.29, 1.82) is 0 Å². The molecule has 3 nitrogen and oxygen atoms in total. The Kier molecular flexibility index (Phi) is 3.89. The van der Waals surface area contributed by atoms with Gasteiger partial charge in [-0.25, -0.2) is 9.37 Å². The summed E-state index contributed by atoms with van der Waals surface area (Å²) in [4.78, 5) is 4.21. The lowest BCUT2D eigenvalue weighted by Crippen LogP contribution is -1.99. The molecule has 0 amide bonds. The van der Waals surface area contributed by atoms with Crippen molar-refractivity contribution in [2.45, 2.75) is 0 Å². The van der Waals surface area contributed by atoms with Crippen LogP contribution in [0, 0.1) is 5.82 Å². The molecule has 0 aliphatic carbocycles. The highest BCUT2D eigenvalue weighted by Crippen LogP contribution is 2.30. The third kappa shape index (κ3) is 2.83. The molecule has 0 aliphatic heterocycles. The van der Waals surface area contributed by atoms with Gasteiger partial charge in [-0.15, -0.1) is 0 Å². The van der Waals surface area contributed by atoms with E-state index in [0.717, 1.165) is 0 Å². The highest BCUT2D eigenvalue weighted by atomic mass is 35.5. The SMILES string of the molecule is CNc1nc(Nc2cccc(F)c2)c(Cl)cc1Cl. The molecule has 1 heterocycles. The molecule has 0 saturated carbocycles. The Morgan fingerprint density at radius 1 is 1.11 bits per heavy atom. The minimum atomic E-state index is -0.334. The van der Waals surface area contributed by atoms with Crippen LogP contribution < -0.4 is 10.6 Å². The van der Waals surface area contributed by atoms with Gasteiger partial charge in [-0.05, 0) is 24.3 Å². The van der Waals surface area contributed by atoms with E-state index >= 15 is 0 Å². The molecule has 6 heteroatoms. The van der Waals surface area contributed by atoms with Crippen LogP contribution in [0.4, 0.5) is 21.7 Å². The maximum atomic E-state index is 13.1. The van der Waals surface area contributed by atoms with E-state index in [2.05, 4.69) is 15.6 Å². The van der Waals surface area contributed by atoms with Crippen molar-refractivity contribution in [3.05, 3.63) is 46.2 Å². The molecule has 0 radical (unpaired) electrons. The number of hydrogen-bond donors (Lipinski definition) is 2. The lowest BCUT2D eigenvalue weighted by Gasteiger charge is -2.10. The van der Waals surface area contributed by atoms with Gasteiger partial charge in [0, 0.05) is 12.7 Å². The molecule has 2 N–H and O–H groups in total. The van der Waals surface area contributed by atoms with Crippen molar-refractivity contribution >= 4 is 40.5 Å². The van der Waals surface area contributed by atoms with E-state index in [0.29, 0.717) is 27.4 Å². The fourth-order valence-electron chi connectivity index (χ4n) is 1.43. The Bertz CT molecular complexity index is 575. The first-order valence-electron chi connectivity index (χ1n) is 5.16. The summed E-state index contributed by atoms with van der Waals surface area (Å²) in [5.41, 5.74) is 0.564. The van der Waals surface area contributed by atoms with Gasteiger partial charge in [0.2, 0.25) is 0 Å². The van der Waals surface area contributed by atoms with Crippen LogP contribution in [0.5, 0.6) is 0 Å². The summed E-state index contributed by atoms with van der Waals surface area (Å²) in [7, 11) is 1.70. The summed E-state index contributed by atoms with van der Waals surface area (Å²) in [6.45, 7) is 0. The molecule has 0 fully saturated rings. The number of nitrogens with one attached hydrogen (secondary N) is 2. The molecule has 0 unspecified atom stereocenters. The topological polar surface area (TPSA) is 37.0 Å². The lowest BCUT2D eigenvalue weighted by molar-refractivity contribution is 0.628. The van der Waals surface area contributed by atoms with Crippen LogP contribution in [-0.4, -0.2) is 12.0 Å². The number of halogens is 3. The van der Waals surface area contributed by atoms with Gasteiger partial charge in [0.1, 0.15) is 11.6 Å². The highest BCUT2D eigenvalue weighted by Gasteiger charge is 2.08. The summed E-state index contributed by atoms with van der Waals surface area (Å²) in [6, 6.07) is 7.60. The third-order valence-corrected chi connectivity index (χ3v) is 2.83. The van der Waals surface area contributed by atoms with E-state index in [4.69, 9.17) is 23.2 Å². The first-order valence-corrected chi connectivity index (χ1v) is 5.92. The monoisotopic (exact) mass is 285 g/mol. The Hall–Kier alpha value is -1.52. The maximum absolute atomic E-state index is 13.1. The predicted octanol–water partition coefficient (Wildman–Crippen LogP) is 4.31. The van der Waals surface area contributed by atoms with Crippen LogP contribution in [0.25, 0.3) is 0 Å². The molecule has 0 bridgehead atoms. The Labute approximate surface area is 114 Å². The van der Waals surface area contributed by atoms with E-state index in [9.17, 15) is 4.39 Å². The van der Waals surface area contributed by atoms with Crippen LogP contribution in [0.15, 0.2) is 30.3 Å². The smallest absolute Gasteiger partial charge is 0.151 e. The molecule has 0 atom stereocenters. The number of pyridine rings is 1. The van der Waals surface area contributed by atoms with E-state index in [1.165, 1.54) is 12.1 Å². The predicted molar refractivity (Wildman–Crippen MR) is 73.5 cm³/mol. The maximum Gasteiger partial charge on any atom is 0.151 e. The van der Waals surface area contributed by atoms with Gasteiger partial charge in [-0.3, -0.25) is 0 Å². The van der Waals surface area contributed by atoms with Crippen LogP contribution >= 0.6 is 23.2 Å². The molecule has 1 aromatic heterocycles.